The molecular formula is C12H17BrN2O3S. The number of benzene rings is 1. The molecule has 1 aromatic carbocycles. The lowest BCUT2D eigenvalue weighted by Gasteiger charge is -2.23. The van der Waals surface area contributed by atoms with E-state index in [9.17, 15) is 8.42 Å². The van der Waals surface area contributed by atoms with E-state index in [1.165, 1.54) is 17.5 Å². The molecule has 0 aliphatic carbocycles. The lowest BCUT2D eigenvalue weighted by molar-refractivity contribution is 0.391. The number of halogens is 1. The van der Waals surface area contributed by atoms with Crippen LogP contribution in [0.15, 0.2) is 27.6 Å². The summed E-state index contributed by atoms with van der Waals surface area (Å²) in [5.74, 6) is 0.519. The SMILES string of the molecule is COc1ccc(Br)c(S(=O)(=O)N2CCC[C@H]2CN)c1. The van der Waals surface area contributed by atoms with Gasteiger partial charge in [0.25, 0.3) is 0 Å². The summed E-state index contributed by atoms with van der Waals surface area (Å²) in [7, 11) is -2.02. The summed E-state index contributed by atoms with van der Waals surface area (Å²) in [5, 5.41) is 0. The Balaban J connectivity index is 2.44. The number of rotatable bonds is 4. The van der Waals surface area contributed by atoms with Crippen molar-refractivity contribution in [2.24, 2.45) is 5.73 Å². The Morgan fingerprint density at radius 2 is 2.26 bits per heavy atom. The van der Waals surface area contributed by atoms with Crippen molar-refractivity contribution in [1.82, 2.24) is 4.31 Å². The predicted octanol–water partition coefficient (Wildman–Crippen LogP) is 1.57. The largest absolute Gasteiger partial charge is 0.497 e. The van der Waals surface area contributed by atoms with Gasteiger partial charge in [0, 0.05) is 29.7 Å². The van der Waals surface area contributed by atoms with Crippen LogP contribution in [-0.4, -0.2) is 39.0 Å². The fraction of sp³-hybridized carbons (Fsp3) is 0.500. The molecule has 2 N–H and O–H groups in total. The van der Waals surface area contributed by atoms with Gasteiger partial charge in [-0.25, -0.2) is 8.42 Å². The normalized spacial score (nSPS) is 20.7. The second-order valence-electron chi connectivity index (χ2n) is 4.44. The summed E-state index contributed by atoms with van der Waals surface area (Å²) in [6.07, 6.45) is 1.67. The number of nitrogens with zero attached hydrogens (tertiary/aromatic N) is 1. The Morgan fingerprint density at radius 1 is 1.53 bits per heavy atom. The number of sulfonamides is 1. The van der Waals surface area contributed by atoms with Gasteiger partial charge in [0.1, 0.15) is 10.6 Å². The van der Waals surface area contributed by atoms with Gasteiger partial charge in [-0.05, 0) is 40.9 Å². The van der Waals surface area contributed by atoms with E-state index in [0.29, 0.717) is 23.3 Å². The van der Waals surface area contributed by atoms with Crippen LogP contribution >= 0.6 is 15.9 Å². The van der Waals surface area contributed by atoms with Crippen LogP contribution in [0.25, 0.3) is 0 Å². The highest BCUT2D eigenvalue weighted by atomic mass is 79.9. The minimum Gasteiger partial charge on any atom is -0.497 e. The first kappa shape index (κ1) is 14.8. The van der Waals surface area contributed by atoms with Gasteiger partial charge in [0.15, 0.2) is 0 Å². The van der Waals surface area contributed by atoms with Crippen LogP contribution in [0.5, 0.6) is 5.75 Å². The van der Waals surface area contributed by atoms with E-state index in [-0.39, 0.29) is 10.9 Å². The van der Waals surface area contributed by atoms with Crippen molar-refractivity contribution < 1.29 is 13.2 Å². The summed E-state index contributed by atoms with van der Waals surface area (Å²) < 4.78 is 32.5. The molecule has 1 saturated heterocycles. The number of methoxy groups -OCH3 is 1. The van der Waals surface area contributed by atoms with E-state index < -0.39 is 10.0 Å². The van der Waals surface area contributed by atoms with Crippen LogP contribution in [0, 0.1) is 0 Å². The topological polar surface area (TPSA) is 72.6 Å². The van der Waals surface area contributed by atoms with Crippen molar-refractivity contribution in [3.05, 3.63) is 22.7 Å². The minimum absolute atomic E-state index is 0.108. The molecule has 0 aromatic heterocycles. The van der Waals surface area contributed by atoms with Crippen molar-refractivity contribution in [1.29, 1.82) is 0 Å². The zero-order chi connectivity index (χ0) is 14.0. The van der Waals surface area contributed by atoms with Gasteiger partial charge in [-0.1, -0.05) is 0 Å². The van der Waals surface area contributed by atoms with Gasteiger partial charge in [0.2, 0.25) is 10.0 Å². The third kappa shape index (κ3) is 2.79. The summed E-state index contributed by atoms with van der Waals surface area (Å²) in [6, 6.07) is 4.82. The predicted molar refractivity (Wildman–Crippen MR) is 76.7 cm³/mol. The Labute approximate surface area is 121 Å². The first-order valence-electron chi connectivity index (χ1n) is 6.06. The maximum atomic E-state index is 12.7. The van der Waals surface area contributed by atoms with Gasteiger partial charge in [-0.2, -0.15) is 4.31 Å². The van der Waals surface area contributed by atoms with Crippen molar-refractivity contribution >= 4 is 26.0 Å². The van der Waals surface area contributed by atoms with Gasteiger partial charge in [0.05, 0.1) is 7.11 Å². The second-order valence-corrected chi connectivity index (χ2v) is 7.16. The smallest absolute Gasteiger partial charge is 0.244 e. The maximum Gasteiger partial charge on any atom is 0.244 e. The van der Waals surface area contributed by atoms with E-state index in [1.807, 2.05) is 0 Å². The molecule has 0 radical (unpaired) electrons. The van der Waals surface area contributed by atoms with Crippen LogP contribution in [-0.2, 0) is 10.0 Å². The van der Waals surface area contributed by atoms with E-state index in [2.05, 4.69) is 15.9 Å². The molecule has 1 atom stereocenters. The standard InChI is InChI=1S/C12H17BrN2O3S/c1-18-10-4-5-11(13)12(7-10)19(16,17)15-6-2-3-9(15)8-14/h4-5,7,9H,2-3,6,8,14H2,1H3/t9-/m0/s1. The molecule has 1 heterocycles. The van der Waals surface area contributed by atoms with Gasteiger partial charge >= 0.3 is 0 Å². The highest BCUT2D eigenvalue weighted by Gasteiger charge is 2.35. The molecule has 106 valence electrons. The van der Waals surface area contributed by atoms with Gasteiger partial charge in [-0.15, -0.1) is 0 Å². The van der Waals surface area contributed by atoms with Crippen LogP contribution in [0.1, 0.15) is 12.8 Å². The van der Waals surface area contributed by atoms with E-state index >= 15 is 0 Å². The van der Waals surface area contributed by atoms with Crippen LogP contribution in [0.2, 0.25) is 0 Å². The molecule has 1 aromatic rings. The van der Waals surface area contributed by atoms with Gasteiger partial charge < -0.3 is 10.5 Å². The first-order valence-corrected chi connectivity index (χ1v) is 8.29. The molecule has 1 aliphatic heterocycles. The molecule has 0 amide bonds. The quantitative estimate of drug-likeness (QED) is 0.896. The van der Waals surface area contributed by atoms with Gasteiger partial charge in [-0.3, -0.25) is 0 Å². The lowest BCUT2D eigenvalue weighted by Crippen LogP contribution is -2.39. The van der Waals surface area contributed by atoms with Crippen molar-refractivity contribution in [3.8, 4) is 5.75 Å². The lowest BCUT2D eigenvalue weighted by atomic mass is 10.2. The fourth-order valence-corrected chi connectivity index (χ4v) is 4.94. The molecular weight excluding hydrogens is 332 g/mol. The van der Waals surface area contributed by atoms with Crippen LogP contribution < -0.4 is 10.5 Å². The Morgan fingerprint density at radius 3 is 2.89 bits per heavy atom. The average molecular weight is 349 g/mol. The van der Waals surface area contributed by atoms with Crippen molar-refractivity contribution in [2.75, 3.05) is 20.2 Å². The Bertz CT molecular complexity index is 562. The average Bonchev–Trinajstić information content (AvgIpc) is 2.88. The summed E-state index contributed by atoms with van der Waals surface area (Å²) in [6.45, 7) is 0.870. The third-order valence-corrected chi connectivity index (χ3v) is 6.27. The summed E-state index contributed by atoms with van der Waals surface area (Å²) in [4.78, 5) is 0.229. The molecule has 1 fully saturated rings. The van der Waals surface area contributed by atoms with E-state index in [4.69, 9.17) is 10.5 Å². The Kier molecular flexibility index (Phi) is 4.50. The van der Waals surface area contributed by atoms with Crippen molar-refractivity contribution in [2.45, 2.75) is 23.8 Å². The van der Waals surface area contributed by atoms with Crippen LogP contribution in [0.3, 0.4) is 0 Å². The molecule has 0 bridgehead atoms. The molecule has 5 nitrogen and oxygen atoms in total. The van der Waals surface area contributed by atoms with Crippen molar-refractivity contribution in [3.63, 3.8) is 0 Å². The molecule has 1 aliphatic rings. The summed E-state index contributed by atoms with van der Waals surface area (Å²) >= 11 is 3.29. The number of hydrogen-bond acceptors (Lipinski definition) is 4. The molecule has 0 unspecified atom stereocenters. The van der Waals surface area contributed by atoms with Crippen LogP contribution in [0.4, 0.5) is 0 Å². The number of nitrogens with two attached hydrogens (primary N) is 1. The fourth-order valence-electron chi connectivity index (χ4n) is 2.30. The van der Waals surface area contributed by atoms with E-state index in [0.717, 1.165) is 12.8 Å². The highest BCUT2D eigenvalue weighted by Crippen LogP contribution is 2.32. The molecule has 0 saturated carbocycles. The Hall–Kier alpha value is -0.630. The maximum absolute atomic E-state index is 12.7. The second kappa shape index (κ2) is 5.78. The molecule has 19 heavy (non-hydrogen) atoms. The molecule has 7 heteroatoms. The third-order valence-electron chi connectivity index (χ3n) is 3.32. The highest BCUT2D eigenvalue weighted by molar-refractivity contribution is 9.10. The zero-order valence-electron chi connectivity index (χ0n) is 10.7. The molecule has 0 spiro atoms. The van der Waals surface area contributed by atoms with E-state index in [1.54, 1.807) is 12.1 Å². The minimum atomic E-state index is -3.54. The monoisotopic (exact) mass is 348 g/mol. The first-order chi connectivity index (χ1) is 9.00. The number of ether oxygens (including phenoxy) is 1. The zero-order valence-corrected chi connectivity index (χ0v) is 13.1. The molecule has 2 rings (SSSR count). The number of hydrogen-bond donors (Lipinski definition) is 1. The summed E-state index contributed by atoms with van der Waals surface area (Å²) in [5.41, 5.74) is 5.65.